The molecule has 0 aliphatic rings. The Balaban J connectivity index is 2.34. The molecular formula is C12H12FNOS. The molecule has 0 amide bonds. The summed E-state index contributed by atoms with van der Waals surface area (Å²) in [4.78, 5) is 1.05. The van der Waals surface area contributed by atoms with Gasteiger partial charge in [-0.1, -0.05) is 12.1 Å². The Morgan fingerprint density at radius 2 is 2.19 bits per heavy atom. The summed E-state index contributed by atoms with van der Waals surface area (Å²) < 4.78 is 18.1. The van der Waals surface area contributed by atoms with Crippen LogP contribution in [0, 0.1) is 5.82 Å². The minimum atomic E-state index is -0.371. The van der Waals surface area contributed by atoms with Crippen molar-refractivity contribution in [3.63, 3.8) is 0 Å². The van der Waals surface area contributed by atoms with Gasteiger partial charge in [0, 0.05) is 4.88 Å². The Morgan fingerprint density at radius 1 is 1.38 bits per heavy atom. The lowest BCUT2D eigenvalue weighted by Gasteiger charge is -2.11. The molecule has 4 heteroatoms. The Hall–Kier alpha value is -1.39. The second-order valence-corrected chi connectivity index (χ2v) is 4.37. The van der Waals surface area contributed by atoms with Crippen LogP contribution in [0.1, 0.15) is 16.5 Å². The summed E-state index contributed by atoms with van der Waals surface area (Å²) in [5.41, 5.74) is 6.91. The van der Waals surface area contributed by atoms with E-state index in [4.69, 9.17) is 10.5 Å². The van der Waals surface area contributed by atoms with Crippen molar-refractivity contribution in [2.75, 3.05) is 7.11 Å². The predicted molar refractivity (Wildman–Crippen MR) is 63.3 cm³/mol. The average Bonchev–Trinajstić information content (AvgIpc) is 2.82. The SMILES string of the molecule is COc1cc(C(N)c2cccs2)ccc1F. The van der Waals surface area contributed by atoms with Crippen LogP contribution in [-0.2, 0) is 0 Å². The fraction of sp³-hybridized carbons (Fsp3) is 0.167. The summed E-state index contributed by atoms with van der Waals surface area (Å²) in [7, 11) is 1.44. The molecule has 0 saturated heterocycles. The summed E-state index contributed by atoms with van der Waals surface area (Å²) in [6.45, 7) is 0. The number of thiophene rings is 1. The van der Waals surface area contributed by atoms with Crippen molar-refractivity contribution >= 4 is 11.3 Å². The highest BCUT2D eigenvalue weighted by molar-refractivity contribution is 7.10. The van der Waals surface area contributed by atoms with Gasteiger partial charge < -0.3 is 10.5 Å². The van der Waals surface area contributed by atoms with Gasteiger partial charge in [-0.25, -0.2) is 4.39 Å². The van der Waals surface area contributed by atoms with E-state index in [0.717, 1.165) is 10.4 Å². The molecule has 16 heavy (non-hydrogen) atoms. The van der Waals surface area contributed by atoms with Crippen LogP contribution in [-0.4, -0.2) is 7.11 Å². The zero-order valence-electron chi connectivity index (χ0n) is 8.81. The number of rotatable bonds is 3. The third-order valence-corrected chi connectivity index (χ3v) is 3.34. The molecule has 1 aromatic carbocycles. The number of nitrogens with two attached hydrogens (primary N) is 1. The fourth-order valence-electron chi connectivity index (χ4n) is 1.50. The third-order valence-electron chi connectivity index (χ3n) is 2.38. The van der Waals surface area contributed by atoms with Crippen LogP contribution in [0.15, 0.2) is 35.7 Å². The molecule has 0 bridgehead atoms. The van der Waals surface area contributed by atoms with Gasteiger partial charge in [0.25, 0.3) is 0 Å². The number of methoxy groups -OCH3 is 1. The first-order valence-electron chi connectivity index (χ1n) is 4.85. The van der Waals surface area contributed by atoms with Crippen LogP contribution in [0.25, 0.3) is 0 Å². The van der Waals surface area contributed by atoms with Crippen molar-refractivity contribution in [3.8, 4) is 5.75 Å². The largest absolute Gasteiger partial charge is 0.494 e. The lowest BCUT2D eigenvalue weighted by molar-refractivity contribution is 0.385. The van der Waals surface area contributed by atoms with Crippen LogP contribution >= 0.6 is 11.3 Å². The molecule has 1 aromatic heterocycles. The molecule has 1 atom stereocenters. The normalized spacial score (nSPS) is 12.4. The van der Waals surface area contributed by atoms with Crippen LogP contribution in [0.2, 0.25) is 0 Å². The van der Waals surface area contributed by atoms with E-state index < -0.39 is 0 Å². The zero-order valence-corrected chi connectivity index (χ0v) is 9.63. The fourth-order valence-corrected chi connectivity index (χ4v) is 2.26. The first kappa shape index (κ1) is 11.1. The molecular weight excluding hydrogens is 225 g/mol. The summed E-state index contributed by atoms with van der Waals surface area (Å²) in [5.74, 6) is -0.144. The number of ether oxygens (including phenoxy) is 1. The number of hydrogen-bond donors (Lipinski definition) is 1. The van der Waals surface area contributed by atoms with Gasteiger partial charge in [0.1, 0.15) is 0 Å². The second kappa shape index (κ2) is 4.63. The lowest BCUT2D eigenvalue weighted by atomic mass is 10.1. The lowest BCUT2D eigenvalue weighted by Crippen LogP contribution is -2.10. The standard InChI is InChI=1S/C12H12FNOS/c1-15-10-7-8(4-5-9(10)13)12(14)11-3-2-6-16-11/h2-7,12H,14H2,1H3. The van der Waals surface area contributed by atoms with E-state index in [1.54, 1.807) is 23.5 Å². The summed E-state index contributed by atoms with van der Waals surface area (Å²) in [6.07, 6.45) is 0. The van der Waals surface area contributed by atoms with Crippen molar-refractivity contribution < 1.29 is 9.13 Å². The van der Waals surface area contributed by atoms with Gasteiger partial charge in [-0.2, -0.15) is 0 Å². The molecule has 1 unspecified atom stereocenters. The number of hydrogen-bond acceptors (Lipinski definition) is 3. The molecule has 2 nitrogen and oxygen atoms in total. The van der Waals surface area contributed by atoms with Gasteiger partial charge in [0.15, 0.2) is 11.6 Å². The summed E-state index contributed by atoms with van der Waals surface area (Å²) >= 11 is 1.58. The number of benzene rings is 1. The van der Waals surface area contributed by atoms with Gasteiger partial charge in [0.2, 0.25) is 0 Å². The van der Waals surface area contributed by atoms with Gasteiger partial charge in [0.05, 0.1) is 13.2 Å². The predicted octanol–water partition coefficient (Wildman–Crippen LogP) is 2.94. The second-order valence-electron chi connectivity index (χ2n) is 3.39. The van der Waals surface area contributed by atoms with Crippen molar-refractivity contribution in [2.45, 2.75) is 6.04 Å². The Bertz CT molecular complexity index is 470. The Kier molecular flexibility index (Phi) is 3.22. The third kappa shape index (κ3) is 2.08. The molecule has 0 aliphatic heterocycles. The van der Waals surface area contributed by atoms with E-state index in [0.29, 0.717) is 0 Å². The van der Waals surface area contributed by atoms with Crippen LogP contribution in [0.4, 0.5) is 4.39 Å². The number of halogens is 1. The van der Waals surface area contributed by atoms with Crippen molar-refractivity contribution in [1.82, 2.24) is 0 Å². The molecule has 0 fully saturated rings. The van der Waals surface area contributed by atoms with Gasteiger partial charge in [-0.05, 0) is 29.1 Å². The van der Waals surface area contributed by atoms with E-state index in [1.165, 1.54) is 13.2 Å². The van der Waals surface area contributed by atoms with Crippen LogP contribution < -0.4 is 10.5 Å². The molecule has 2 aromatic rings. The zero-order chi connectivity index (χ0) is 11.5. The van der Waals surface area contributed by atoms with Crippen molar-refractivity contribution in [2.24, 2.45) is 5.73 Å². The maximum atomic E-state index is 13.2. The Morgan fingerprint density at radius 3 is 2.81 bits per heavy atom. The molecule has 0 radical (unpaired) electrons. The van der Waals surface area contributed by atoms with Gasteiger partial charge >= 0.3 is 0 Å². The summed E-state index contributed by atoms with van der Waals surface area (Å²) in [6, 6.07) is 8.38. The maximum Gasteiger partial charge on any atom is 0.165 e. The van der Waals surface area contributed by atoms with Crippen LogP contribution in [0.3, 0.4) is 0 Å². The van der Waals surface area contributed by atoms with E-state index in [1.807, 2.05) is 17.5 Å². The quantitative estimate of drug-likeness (QED) is 0.890. The van der Waals surface area contributed by atoms with E-state index in [9.17, 15) is 4.39 Å². The Labute approximate surface area is 97.5 Å². The topological polar surface area (TPSA) is 35.2 Å². The monoisotopic (exact) mass is 237 g/mol. The highest BCUT2D eigenvalue weighted by Gasteiger charge is 2.12. The highest BCUT2D eigenvalue weighted by Crippen LogP contribution is 2.27. The molecule has 0 spiro atoms. The molecule has 2 rings (SSSR count). The van der Waals surface area contributed by atoms with E-state index >= 15 is 0 Å². The highest BCUT2D eigenvalue weighted by atomic mass is 32.1. The van der Waals surface area contributed by atoms with Crippen LogP contribution in [0.5, 0.6) is 5.75 Å². The van der Waals surface area contributed by atoms with E-state index in [2.05, 4.69) is 0 Å². The molecule has 1 heterocycles. The minimum Gasteiger partial charge on any atom is -0.494 e. The molecule has 0 saturated carbocycles. The summed E-state index contributed by atoms with van der Waals surface area (Å²) in [5, 5.41) is 1.97. The van der Waals surface area contributed by atoms with Gasteiger partial charge in [-0.3, -0.25) is 0 Å². The van der Waals surface area contributed by atoms with Crippen molar-refractivity contribution in [1.29, 1.82) is 0 Å². The first-order chi connectivity index (χ1) is 7.72. The van der Waals surface area contributed by atoms with Gasteiger partial charge in [-0.15, -0.1) is 11.3 Å². The maximum absolute atomic E-state index is 13.2. The van der Waals surface area contributed by atoms with Crippen molar-refractivity contribution in [3.05, 3.63) is 52.0 Å². The first-order valence-corrected chi connectivity index (χ1v) is 5.72. The smallest absolute Gasteiger partial charge is 0.165 e. The average molecular weight is 237 g/mol. The molecule has 2 N–H and O–H groups in total. The van der Waals surface area contributed by atoms with E-state index in [-0.39, 0.29) is 17.6 Å². The minimum absolute atomic E-state index is 0.226. The molecule has 84 valence electrons. The molecule has 0 aliphatic carbocycles.